The molecule has 2 unspecified atom stereocenters. The largest absolute Gasteiger partial charge is 0.392 e. The summed E-state index contributed by atoms with van der Waals surface area (Å²) in [6, 6.07) is 0.231. The highest BCUT2D eigenvalue weighted by Crippen LogP contribution is 2.23. The normalized spacial score (nSPS) is 21.9. The number of rotatable bonds is 7. The minimum atomic E-state index is -0.256. The first-order valence-corrected chi connectivity index (χ1v) is 8.33. The lowest BCUT2D eigenvalue weighted by molar-refractivity contribution is 0.0145. The summed E-state index contributed by atoms with van der Waals surface area (Å²) in [5.74, 6) is 2.14. The molecule has 1 aliphatic heterocycles. The van der Waals surface area contributed by atoms with E-state index in [0.717, 1.165) is 38.1 Å². The summed E-state index contributed by atoms with van der Waals surface area (Å²) in [6.07, 6.45) is 5.94. The summed E-state index contributed by atoms with van der Waals surface area (Å²) in [5, 5.41) is 14.2. The highest BCUT2D eigenvalue weighted by atomic mass is 16.5. The molecule has 1 N–H and O–H groups in total. The molecule has 1 aromatic rings. The van der Waals surface area contributed by atoms with Gasteiger partial charge in [0.25, 0.3) is 0 Å². The molecule has 2 heterocycles. The maximum absolute atomic E-state index is 10.2. The maximum Gasteiger partial charge on any atom is 0.240 e. The molecule has 1 saturated heterocycles. The van der Waals surface area contributed by atoms with Crippen molar-refractivity contribution in [1.29, 1.82) is 0 Å². The lowest BCUT2D eigenvalue weighted by Crippen LogP contribution is -2.46. The van der Waals surface area contributed by atoms with E-state index in [9.17, 15) is 5.11 Å². The number of aliphatic hydroxyl groups is 1. The van der Waals surface area contributed by atoms with Gasteiger partial charge in [-0.25, -0.2) is 0 Å². The van der Waals surface area contributed by atoms with Crippen molar-refractivity contribution in [2.75, 3.05) is 6.54 Å². The monoisotopic (exact) mass is 295 g/mol. The second-order valence-electron chi connectivity index (χ2n) is 6.55. The molecule has 0 bridgehead atoms. The zero-order valence-corrected chi connectivity index (χ0v) is 13.6. The Balaban J connectivity index is 1.92. The predicted octanol–water partition coefficient (Wildman–Crippen LogP) is 2.78. The predicted molar refractivity (Wildman–Crippen MR) is 81.8 cm³/mol. The lowest BCUT2D eigenvalue weighted by atomic mass is 9.96. The van der Waals surface area contributed by atoms with Gasteiger partial charge in [0.05, 0.1) is 12.6 Å². The highest BCUT2D eigenvalue weighted by Gasteiger charge is 2.28. The number of aromatic nitrogens is 2. The fourth-order valence-electron chi connectivity index (χ4n) is 2.97. The smallest absolute Gasteiger partial charge is 0.240 e. The Morgan fingerprint density at radius 2 is 2.19 bits per heavy atom. The van der Waals surface area contributed by atoms with Crippen molar-refractivity contribution in [3.8, 4) is 0 Å². The number of hydrogen-bond donors (Lipinski definition) is 1. The second kappa shape index (κ2) is 7.90. The molecule has 0 saturated carbocycles. The van der Waals surface area contributed by atoms with Gasteiger partial charge in [-0.05, 0) is 38.1 Å². The minimum Gasteiger partial charge on any atom is -0.392 e. The number of piperidine rings is 1. The van der Waals surface area contributed by atoms with E-state index < -0.39 is 0 Å². The van der Waals surface area contributed by atoms with Crippen LogP contribution in [-0.2, 0) is 13.0 Å². The van der Waals surface area contributed by atoms with E-state index in [0.29, 0.717) is 18.4 Å². The molecular weight excluding hydrogens is 266 g/mol. The first-order chi connectivity index (χ1) is 10.1. The number of aryl methyl sites for hydroxylation is 1. The first-order valence-electron chi connectivity index (χ1n) is 8.33. The van der Waals surface area contributed by atoms with E-state index in [1.165, 1.54) is 12.8 Å². The molecule has 21 heavy (non-hydrogen) atoms. The van der Waals surface area contributed by atoms with E-state index >= 15 is 0 Å². The minimum absolute atomic E-state index is 0.231. The molecular formula is C16H29N3O2. The van der Waals surface area contributed by atoms with Crippen LogP contribution in [0.25, 0.3) is 0 Å². The van der Waals surface area contributed by atoms with Crippen LogP contribution in [0.5, 0.6) is 0 Å². The zero-order valence-electron chi connectivity index (χ0n) is 13.6. The Kier molecular flexibility index (Phi) is 6.18. The van der Waals surface area contributed by atoms with Crippen LogP contribution in [0.15, 0.2) is 4.52 Å². The van der Waals surface area contributed by atoms with Crippen molar-refractivity contribution < 1.29 is 9.63 Å². The lowest BCUT2D eigenvalue weighted by Gasteiger charge is -2.37. The van der Waals surface area contributed by atoms with E-state index in [-0.39, 0.29) is 12.1 Å². The average Bonchev–Trinajstić information content (AvgIpc) is 2.92. The van der Waals surface area contributed by atoms with Gasteiger partial charge in [-0.15, -0.1) is 0 Å². The standard InChI is InChI=1S/C16H29N3O2/c1-4-14(20)13-7-5-6-10-19(13)11-16-17-15(18-21-16)9-8-12(2)3/h12-14,20H,4-11H2,1-3H3. The molecule has 0 aromatic carbocycles. The molecule has 2 atom stereocenters. The van der Waals surface area contributed by atoms with E-state index in [2.05, 4.69) is 28.9 Å². The molecule has 0 aliphatic carbocycles. The highest BCUT2D eigenvalue weighted by molar-refractivity contribution is 4.90. The fraction of sp³-hybridized carbons (Fsp3) is 0.875. The molecule has 5 nitrogen and oxygen atoms in total. The SMILES string of the molecule is CCC(O)C1CCCCN1Cc1nc(CCC(C)C)no1. The van der Waals surface area contributed by atoms with Gasteiger partial charge < -0.3 is 9.63 Å². The van der Waals surface area contributed by atoms with Crippen LogP contribution < -0.4 is 0 Å². The summed E-state index contributed by atoms with van der Waals surface area (Å²) in [6.45, 7) is 8.10. The van der Waals surface area contributed by atoms with Crippen LogP contribution in [-0.4, -0.2) is 38.8 Å². The van der Waals surface area contributed by atoms with Gasteiger partial charge in [0.2, 0.25) is 5.89 Å². The van der Waals surface area contributed by atoms with Crippen molar-refractivity contribution in [2.45, 2.75) is 78.0 Å². The number of likely N-dealkylation sites (tertiary alicyclic amines) is 1. The van der Waals surface area contributed by atoms with Crippen LogP contribution in [0.2, 0.25) is 0 Å². The molecule has 1 aromatic heterocycles. The van der Waals surface area contributed by atoms with Crippen LogP contribution in [0.1, 0.15) is 64.6 Å². The Morgan fingerprint density at radius 3 is 2.90 bits per heavy atom. The quantitative estimate of drug-likeness (QED) is 0.838. The van der Waals surface area contributed by atoms with Gasteiger partial charge >= 0.3 is 0 Å². The maximum atomic E-state index is 10.2. The zero-order chi connectivity index (χ0) is 15.2. The van der Waals surface area contributed by atoms with E-state index in [1.54, 1.807) is 0 Å². The topological polar surface area (TPSA) is 62.4 Å². The van der Waals surface area contributed by atoms with Crippen molar-refractivity contribution >= 4 is 0 Å². The fourth-order valence-corrected chi connectivity index (χ4v) is 2.97. The van der Waals surface area contributed by atoms with Crippen LogP contribution >= 0.6 is 0 Å². The van der Waals surface area contributed by atoms with Crippen molar-refractivity contribution in [1.82, 2.24) is 15.0 Å². The molecule has 2 rings (SSSR count). The summed E-state index contributed by atoms with van der Waals surface area (Å²) in [7, 11) is 0. The Hall–Kier alpha value is -0.940. The molecule has 0 spiro atoms. The van der Waals surface area contributed by atoms with Crippen LogP contribution in [0.4, 0.5) is 0 Å². The number of hydrogen-bond acceptors (Lipinski definition) is 5. The van der Waals surface area contributed by atoms with Gasteiger partial charge in [-0.2, -0.15) is 4.98 Å². The Morgan fingerprint density at radius 1 is 1.38 bits per heavy atom. The average molecular weight is 295 g/mol. The number of nitrogens with zero attached hydrogens (tertiary/aromatic N) is 3. The second-order valence-corrected chi connectivity index (χ2v) is 6.55. The Labute approximate surface area is 127 Å². The third-order valence-electron chi connectivity index (χ3n) is 4.32. The third kappa shape index (κ3) is 4.78. The molecule has 120 valence electrons. The Bertz CT molecular complexity index is 419. The van der Waals surface area contributed by atoms with E-state index in [4.69, 9.17) is 4.52 Å². The van der Waals surface area contributed by atoms with Crippen LogP contribution in [0.3, 0.4) is 0 Å². The molecule has 1 fully saturated rings. The molecule has 1 aliphatic rings. The third-order valence-corrected chi connectivity index (χ3v) is 4.32. The first kappa shape index (κ1) is 16.4. The van der Waals surface area contributed by atoms with E-state index in [1.807, 2.05) is 6.92 Å². The van der Waals surface area contributed by atoms with Gasteiger partial charge in [0.15, 0.2) is 5.82 Å². The van der Waals surface area contributed by atoms with Crippen LogP contribution in [0, 0.1) is 5.92 Å². The molecule has 0 radical (unpaired) electrons. The van der Waals surface area contributed by atoms with Gasteiger partial charge in [0.1, 0.15) is 0 Å². The van der Waals surface area contributed by atoms with Gasteiger partial charge in [-0.1, -0.05) is 32.3 Å². The van der Waals surface area contributed by atoms with Crippen molar-refractivity contribution in [2.24, 2.45) is 5.92 Å². The van der Waals surface area contributed by atoms with Crippen molar-refractivity contribution in [3.05, 3.63) is 11.7 Å². The van der Waals surface area contributed by atoms with Gasteiger partial charge in [0, 0.05) is 12.5 Å². The summed E-state index contributed by atoms with van der Waals surface area (Å²) in [4.78, 5) is 6.80. The van der Waals surface area contributed by atoms with Crippen molar-refractivity contribution in [3.63, 3.8) is 0 Å². The summed E-state index contributed by atoms with van der Waals surface area (Å²) >= 11 is 0. The molecule has 0 amide bonds. The summed E-state index contributed by atoms with van der Waals surface area (Å²) < 4.78 is 5.38. The number of aliphatic hydroxyl groups excluding tert-OH is 1. The molecule has 5 heteroatoms. The summed E-state index contributed by atoms with van der Waals surface area (Å²) in [5.41, 5.74) is 0. The van der Waals surface area contributed by atoms with Gasteiger partial charge in [-0.3, -0.25) is 4.90 Å².